The van der Waals surface area contributed by atoms with E-state index in [0.29, 0.717) is 5.84 Å². The first-order valence-corrected chi connectivity index (χ1v) is 17.1. The number of nitrogens with zero attached hydrogens (tertiary/aromatic N) is 2. The Bertz CT molecular complexity index is 2470. The van der Waals surface area contributed by atoms with Crippen molar-refractivity contribution in [3.05, 3.63) is 193 Å². The SMILES string of the molecule is N=C(N=C(N=Cc1ccc(-c2ccccc2)c2sc3c(-c4ccccc4)cc(-c4ccccc4)cc3c12)c1ccccc1)c1ccccc1. The molecule has 0 atom stereocenters. The number of hydrogen-bond acceptors (Lipinski definition) is 2. The zero-order valence-electron chi connectivity index (χ0n) is 26.6. The van der Waals surface area contributed by atoms with E-state index >= 15 is 0 Å². The summed E-state index contributed by atoms with van der Waals surface area (Å²) < 4.78 is 2.45. The summed E-state index contributed by atoms with van der Waals surface area (Å²) in [5.41, 5.74) is 9.70. The summed E-state index contributed by atoms with van der Waals surface area (Å²) in [6, 6.07) is 60.4. The molecule has 3 nitrogen and oxygen atoms in total. The second kappa shape index (κ2) is 13.5. The van der Waals surface area contributed by atoms with Gasteiger partial charge in [0.05, 0.1) is 0 Å². The third-order valence-corrected chi connectivity index (χ3v) is 9.92. The van der Waals surface area contributed by atoms with Crippen LogP contribution in [0.1, 0.15) is 16.7 Å². The molecule has 0 radical (unpaired) electrons. The van der Waals surface area contributed by atoms with Crippen LogP contribution in [0.15, 0.2) is 186 Å². The number of amidine groups is 2. The quantitative estimate of drug-likeness (QED) is 0.138. The molecule has 0 unspecified atom stereocenters. The van der Waals surface area contributed by atoms with Gasteiger partial charge in [-0.2, -0.15) is 0 Å². The lowest BCUT2D eigenvalue weighted by Crippen LogP contribution is -2.04. The fraction of sp³-hybridized carbons (Fsp3) is 0. The molecule has 0 saturated carbocycles. The summed E-state index contributed by atoms with van der Waals surface area (Å²) in [6.45, 7) is 0. The van der Waals surface area contributed by atoms with Gasteiger partial charge in [-0.05, 0) is 39.9 Å². The molecule has 232 valence electrons. The maximum Gasteiger partial charge on any atom is 0.161 e. The van der Waals surface area contributed by atoms with Gasteiger partial charge in [-0.25, -0.2) is 9.98 Å². The van der Waals surface area contributed by atoms with Crippen LogP contribution in [0, 0.1) is 5.41 Å². The van der Waals surface area contributed by atoms with Crippen LogP contribution in [0.2, 0.25) is 0 Å². The van der Waals surface area contributed by atoms with Gasteiger partial charge in [0.25, 0.3) is 0 Å². The molecular formula is C45H31N3S. The highest BCUT2D eigenvalue weighted by molar-refractivity contribution is 7.27. The van der Waals surface area contributed by atoms with Crippen LogP contribution in [0.3, 0.4) is 0 Å². The Balaban J connectivity index is 1.38. The lowest BCUT2D eigenvalue weighted by Gasteiger charge is -2.10. The van der Waals surface area contributed by atoms with E-state index in [2.05, 4.69) is 115 Å². The van der Waals surface area contributed by atoms with E-state index < -0.39 is 0 Å². The highest BCUT2D eigenvalue weighted by Gasteiger charge is 2.18. The molecule has 49 heavy (non-hydrogen) atoms. The van der Waals surface area contributed by atoms with Gasteiger partial charge in [0.2, 0.25) is 0 Å². The van der Waals surface area contributed by atoms with Crippen LogP contribution in [0.5, 0.6) is 0 Å². The Hall–Kier alpha value is -6.23. The maximum atomic E-state index is 8.78. The average molecular weight is 646 g/mol. The highest BCUT2D eigenvalue weighted by atomic mass is 32.1. The number of nitrogens with one attached hydrogen (secondary N) is 1. The van der Waals surface area contributed by atoms with Gasteiger partial charge in [0, 0.05) is 48.6 Å². The van der Waals surface area contributed by atoms with Crippen molar-refractivity contribution in [1.29, 1.82) is 5.41 Å². The Labute approximate surface area is 289 Å². The van der Waals surface area contributed by atoms with Crippen molar-refractivity contribution in [2.24, 2.45) is 9.98 Å². The summed E-state index contributed by atoms with van der Waals surface area (Å²) in [5, 5.41) is 11.1. The fourth-order valence-corrected chi connectivity index (χ4v) is 7.63. The maximum absolute atomic E-state index is 8.78. The molecule has 0 fully saturated rings. The Morgan fingerprint density at radius 2 is 1.02 bits per heavy atom. The molecule has 1 heterocycles. The van der Waals surface area contributed by atoms with Crippen LogP contribution < -0.4 is 0 Å². The molecule has 0 amide bonds. The topological polar surface area (TPSA) is 48.6 Å². The molecule has 8 aromatic rings. The summed E-state index contributed by atoms with van der Waals surface area (Å²) in [4.78, 5) is 9.76. The summed E-state index contributed by atoms with van der Waals surface area (Å²) in [6.07, 6.45) is 1.92. The first-order valence-electron chi connectivity index (χ1n) is 16.2. The predicted molar refractivity (Wildman–Crippen MR) is 209 cm³/mol. The number of thiophene rings is 1. The van der Waals surface area contributed by atoms with E-state index in [1.54, 1.807) is 0 Å². The molecule has 7 aromatic carbocycles. The standard InChI is InChI=1S/C45H31N3S/c46-44(34-22-12-4-13-23-34)48-45(35-24-14-5-15-25-35)47-30-36-26-27-38(32-18-8-2-9-19-32)43-41(36)40-29-37(31-16-6-1-7-17-31)28-39(42(40)49-43)33-20-10-3-11-21-33/h1-30,46H. The van der Waals surface area contributed by atoms with Crippen molar-refractivity contribution < 1.29 is 0 Å². The summed E-state index contributed by atoms with van der Waals surface area (Å²) in [5.74, 6) is 0.659. The van der Waals surface area contributed by atoms with E-state index in [1.165, 1.54) is 48.2 Å². The molecular weight excluding hydrogens is 615 g/mol. The lowest BCUT2D eigenvalue weighted by molar-refractivity contribution is 1.40. The fourth-order valence-electron chi connectivity index (χ4n) is 6.24. The van der Waals surface area contributed by atoms with Crippen molar-refractivity contribution in [2.75, 3.05) is 0 Å². The zero-order chi connectivity index (χ0) is 33.0. The molecule has 0 aliphatic heterocycles. The van der Waals surface area contributed by atoms with Gasteiger partial charge in [0.15, 0.2) is 11.7 Å². The van der Waals surface area contributed by atoms with Crippen molar-refractivity contribution >= 4 is 49.4 Å². The molecule has 0 aliphatic rings. The number of aliphatic imine (C=N–C) groups is 2. The van der Waals surface area contributed by atoms with E-state index in [4.69, 9.17) is 15.4 Å². The number of fused-ring (bicyclic) bond motifs is 3. The largest absolute Gasteiger partial charge is 0.282 e. The van der Waals surface area contributed by atoms with E-state index in [9.17, 15) is 0 Å². The van der Waals surface area contributed by atoms with Crippen LogP contribution in [-0.4, -0.2) is 17.9 Å². The molecule has 8 rings (SSSR count). The van der Waals surface area contributed by atoms with Crippen LogP contribution in [0.4, 0.5) is 0 Å². The van der Waals surface area contributed by atoms with E-state index in [0.717, 1.165) is 22.1 Å². The number of rotatable bonds is 6. The normalized spacial score (nSPS) is 11.8. The minimum Gasteiger partial charge on any atom is -0.282 e. The van der Waals surface area contributed by atoms with Gasteiger partial charge in [-0.15, -0.1) is 11.3 Å². The minimum atomic E-state index is 0.169. The van der Waals surface area contributed by atoms with Crippen molar-refractivity contribution in [2.45, 2.75) is 0 Å². The molecule has 4 heteroatoms. The highest BCUT2D eigenvalue weighted by Crippen LogP contribution is 2.46. The van der Waals surface area contributed by atoms with Crippen molar-refractivity contribution in [3.8, 4) is 33.4 Å². The van der Waals surface area contributed by atoms with Gasteiger partial charge >= 0.3 is 0 Å². The molecule has 0 bridgehead atoms. The number of benzene rings is 7. The summed E-state index contributed by atoms with van der Waals surface area (Å²) in [7, 11) is 0. The third-order valence-electron chi connectivity index (χ3n) is 8.65. The molecule has 1 N–H and O–H groups in total. The Kier molecular flexibility index (Phi) is 8.29. The van der Waals surface area contributed by atoms with Crippen LogP contribution in [-0.2, 0) is 0 Å². The second-order valence-electron chi connectivity index (χ2n) is 11.8. The Morgan fingerprint density at radius 3 is 1.63 bits per heavy atom. The third kappa shape index (κ3) is 6.14. The Morgan fingerprint density at radius 1 is 0.490 bits per heavy atom. The van der Waals surface area contributed by atoms with Gasteiger partial charge in [0.1, 0.15) is 0 Å². The second-order valence-corrected chi connectivity index (χ2v) is 12.8. The molecule has 0 aliphatic carbocycles. The first kappa shape index (κ1) is 30.1. The molecule has 0 saturated heterocycles. The van der Waals surface area contributed by atoms with E-state index in [1.807, 2.05) is 78.2 Å². The first-order chi connectivity index (χ1) is 24.2. The zero-order valence-corrected chi connectivity index (χ0v) is 27.4. The monoisotopic (exact) mass is 645 g/mol. The summed E-state index contributed by atoms with van der Waals surface area (Å²) >= 11 is 1.84. The lowest BCUT2D eigenvalue weighted by atomic mass is 9.94. The van der Waals surface area contributed by atoms with Crippen LogP contribution >= 0.6 is 11.3 Å². The van der Waals surface area contributed by atoms with Gasteiger partial charge in [-0.1, -0.05) is 164 Å². The van der Waals surface area contributed by atoms with Crippen molar-refractivity contribution in [3.63, 3.8) is 0 Å². The average Bonchev–Trinajstić information content (AvgIpc) is 3.57. The molecule has 0 spiro atoms. The smallest absolute Gasteiger partial charge is 0.161 e. The van der Waals surface area contributed by atoms with Crippen LogP contribution in [0.25, 0.3) is 53.6 Å². The van der Waals surface area contributed by atoms with Gasteiger partial charge in [-0.3, -0.25) is 5.41 Å². The molecule has 1 aromatic heterocycles. The van der Waals surface area contributed by atoms with E-state index in [-0.39, 0.29) is 5.84 Å². The minimum absolute atomic E-state index is 0.169. The van der Waals surface area contributed by atoms with Gasteiger partial charge < -0.3 is 0 Å². The predicted octanol–water partition coefficient (Wildman–Crippen LogP) is 11.9. The number of hydrogen-bond donors (Lipinski definition) is 1. The van der Waals surface area contributed by atoms with Crippen molar-refractivity contribution in [1.82, 2.24) is 0 Å².